The van der Waals surface area contributed by atoms with Gasteiger partial charge in [-0.2, -0.15) is 10.1 Å². The predicted octanol–water partition coefficient (Wildman–Crippen LogP) is 1.70. The van der Waals surface area contributed by atoms with Crippen molar-refractivity contribution in [2.24, 2.45) is 0 Å². The lowest BCUT2D eigenvalue weighted by molar-refractivity contribution is 1.09. The third-order valence-electron chi connectivity index (χ3n) is 2.63. The summed E-state index contributed by atoms with van der Waals surface area (Å²) in [6, 6.07) is 7.81. The zero-order chi connectivity index (χ0) is 12.5. The highest BCUT2D eigenvalue weighted by Crippen LogP contribution is 2.13. The topological polar surface area (TPSA) is 86.5 Å². The van der Waals surface area contributed by atoms with Gasteiger partial charge in [0.25, 0.3) is 5.56 Å². The first-order valence-corrected chi connectivity index (χ1v) is 5.49. The van der Waals surface area contributed by atoms with Crippen molar-refractivity contribution < 1.29 is 0 Å². The molecular formula is C12H11N5O. The van der Waals surface area contributed by atoms with Crippen molar-refractivity contribution in [2.75, 3.05) is 5.32 Å². The zero-order valence-corrected chi connectivity index (χ0v) is 9.69. The van der Waals surface area contributed by atoms with Crippen molar-refractivity contribution >= 4 is 22.7 Å². The molecular weight excluding hydrogens is 230 g/mol. The third-order valence-corrected chi connectivity index (χ3v) is 2.63. The molecule has 0 aliphatic carbocycles. The molecule has 0 saturated heterocycles. The molecule has 0 atom stereocenters. The molecule has 3 aromatic rings. The smallest absolute Gasteiger partial charge is 0.263 e. The van der Waals surface area contributed by atoms with Crippen LogP contribution in [0, 0.1) is 6.92 Å². The van der Waals surface area contributed by atoms with Crippen molar-refractivity contribution in [1.29, 1.82) is 0 Å². The molecule has 6 nitrogen and oxygen atoms in total. The summed E-state index contributed by atoms with van der Waals surface area (Å²) in [5.41, 5.74) is 2.28. The van der Waals surface area contributed by atoms with Crippen LogP contribution in [0.4, 0.5) is 11.6 Å². The van der Waals surface area contributed by atoms with E-state index in [2.05, 4.69) is 25.5 Å². The summed E-state index contributed by atoms with van der Waals surface area (Å²) in [6.07, 6.45) is 1.46. The molecule has 0 aliphatic rings. The highest BCUT2D eigenvalue weighted by molar-refractivity contribution is 5.74. The lowest BCUT2D eigenvalue weighted by atomic mass is 10.2. The van der Waals surface area contributed by atoms with E-state index in [-0.39, 0.29) is 5.56 Å². The largest absolute Gasteiger partial charge is 0.326 e. The van der Waals surface area contributed by atoms with Crippen LogP contribution in [-0.4, -0.2) is 20.2 Å². The van der Waals surface area contributed by atoms with Gasteiger partial charge in [-0.1, -0.05) is 17.7 Å². The third kappa shape index (κ3) is 1.84. The molecule has 0 unspecified atom stereocenters. The van der Waals surface area contributed by atoms with Gasteiger partial charge in [-0.3, -0.25) is 14.9 Å². The van der Waals surface area contributed by atoms with Gasteiger partial charge in [0.15, 0.2) is 5.65 Å². The first-order valence-electron chi connectivity index (χ1n) is 5.49. The summed E-state index contributed by atoms with van der Waals surface area (Å²) in [4.78, 5) is 18.6. The summed E-state index contributed by atoms with van der Waals surface area (Å²) in [5, 5.41) is 9.95. The van der Waals surface area contributed by atoms with Crippen molar-refractivity contribution in [1.82, 2.24) is 20.2 Å². The van der Waals surface area contributed by atoms with Gasteiger partial charge in [0.05, 0.1) is 6.20 Å². The lowest BCUT2D eigenvalue weighted by Crippen LogP contribution is -2.10. The Morgan fingerprint density at radius 3 is 2.78 bits per heavy atom. The van der Waals surface area contributed by atoms with Gasteiger partial charge in [0.2, 0.25) is 5.95 Å². The Morgan fingerprint density at radius 2 is 2.00 bits per heavy atom. The molecule has 1 aromatic carbocycles. The number of aryl methyl sites for hydroxylation is 1. The predicted molar refractivity (Wildman–Crippen MR) is 69.0 cm³/mol. The molecule has 0 amide bonds. The number of aromatic nitrogens is 4. The Labute approximate surface area is 102 Å². The summed E-state index contributed by atoms with van der Waals surface area (Å²) in [6.45, 7) is 2.01. The Morgan fingerprint density at radius 1 is 1.22 bits per heavy atom. The molecule has 0 radical (unpaired) electrons. The molecule has 0 aliphatic heterocycles. The van der Waals surface area contributed by atoms with E-state index in [1.807, 2.05) is 31.2 Å². The Kier molecular flexibility index (Phi) is 2.33. The van der Waals surface area contributed by atoms with E-state index >= 15 is 0 Å². The SMILES string of the molecule is Cc1ccc(Nc2nc3[nH]ncc3c(=O)[nH]2)cc1. The van der Waals surface area contributed by atoms with Gasteiger partial charge < -0.3 is 5.32 Å². The summed E-state index contributed by atoms with van der Waals surface area (Å²) < 4.78 is 0. The van der Waals surface area contributed by atoms with Gasteiger partial charge >= 0.3 is 0 Å². The minimum atomic E-state index is -0.219. The number of H-pyrrole nitrogens is 2. The number of nitrogens with one attached hydrogen (secondary N) is 3. The monoisotopic (exact) mass is 241 g/mol. The second kappa shape index (κ2) is 3.99. The molecule has 90 valence electrons. The van der Waals surface area contributed by atoms with E-state index in [1.54, 1.807) is 0 Å². The second-order valence-electron chi connectivity index (χ2n) is 4.04. The number of aromatic amines is 2. The quantitative estimate of drug-likeness (QED) is 0.637. The number of benzene rings is 1. The van der Waals surface area contributed by atoms with Crippen molar-refractivity contribution in [3.05, 3.63) is 46.4 Å². The number of anilines is 2. The first kappa shape index (κ1) is 10.5. The van der Waals surface area contributed by atoms with Crippen molar-refractivity contribution in [3.8, 4) is 0 Å². The Hall–Kier alpha value is -2.63. The van der Waals surface area contributed by atoms with Crippen molar-refractivity contribution in [2.45, 2.75) is 6.92 Å². The second-order valence-corrected chi connectivity index (χ2v) is 4.04. The van der Waals surface area contributed by atoms with Crippen LogP contribution in [0.3, 0.4) is 0 Å². The number of fused-ring (bicyclic) bond motifs is 1. The van der Waals surface area contributed by atoms with E-state index in [1.165, 1.54) is 11.8 Å². The zero-order valence-electron chi connectivity index (χ0n) is 9.69. The maximum absolute atomic E-state index is 11.7. The van der Waals surface area contributed by atoms with Crippen LogP contribution in [0.2, 0.25) is 0 Å². The number of nitrogens with zero attached hydrogens (tertiary/aromatic N) is 2. The molecule has 0 fully saturated rings. The van der Waals surface area contributed by atoms with Gasteiger partial charge in [0.1, 0.15) is 5.39 Å². The van der Waals surface area contributed by atoms with Crippen LogP contribution >= 0.6 is 0 Å². The minimum absolute atomic E-state index is 0.219. The molecule has 3 N–H and O–H groups in total. The first-order chi connectivity index (χ1) is 8.72. The van der Waals surface area contributed by atoms with E-state index in [0.29, 0.717) is 17.0 Å². The minimum Gasteiger partial charge on any atom is -0.326 e. The average Bonchev–Trinajstić information content (AvgIpc) is 2.81. The average molecular weight is 241 g/mol. The maximum atomic E-state index is 11.7. The van der Waals surface area contributed by atoms with Gasteiger partial charge in [-0.25, -0.2) is 0 Å². The van der Waals surface area contributed by atoms with Crippen LogP contribution in [0.15, 0.2) is 35.3 Å². The molecule has 6 heteroatoms. The standard InChI is InChI=1S/C12H11N5O/c1-7-2-4-8(5-3-7)14-12-15-10-9(6-13-17-10)11(18)16-12/h2-6H,1H3,(H3,13,14,15,16,17,18). The molecule has 2 heterocycles. The molecule has 0 saturated carbocycles. The number of hydrogen-bond donors (Lipinski definition) is 3. The van der Waals surface area contributed by atoms with Gasteiger partial charge in [-0.15, -0.1) is 0 Å². The maximum Gasteiger partial charge on any atom is 0.263 e. The normalized spacial score (nSPS) is 10.7. The van der Waals surface area contributed by atoms with Gasteiger partial charge in [-0.05, 0) is 19.1 Å². The fourth-order valence-corrected chi connectivity index (χ4v) is 1.68. The highest BCUT2D eigenvalue weighted by atomic mass is 16.1. The van der Waals surface area contributed by atoms with Crippen LogP contribution in [0.5, 0.6) is 0 Å². The summed E-state index contributed by atoms with van der Waals surface area (Å²) in [7, 11) is 0. The molecule has 3 rings (SSSR count). The van der Waals surface area contributed by atoms with E-state index in [0.717, 1.165) is 5.69 Å². The van der Waals surface area contributed by atoms with E-state index < -0.39 is 0 Å². The Bertz CT molecular complexity index is 741. The van der Waals surface area contributed by atoms with Crippen LogP contribution in [-0.2, 0) is 0 Å². The number of hydrogen-bond acceptors (Lipinski definition) is 4. The summed E-state index contributed by atoms with van der Waals surface area (Å²) in [5.74, 6) is 0.389. The van der Waals surface area contributed by atoms with Crippen LogP contribution in [0.1, 0.15) is 5.56 Å². The molecule has 2 aromatic heterocycles. The van der Waals surface area contributed by atoms with E-state index in [4.69, 9.17) is 0 Å². The van der Waals surface area contributed by atoms with E-state index in [9.17, 15) is 4.79 Å². The molecule has 18 heavy (non-hydrogen) atoms. The lowest BCUT2D eigenvalue weighted by Gasteiger charge is -2.05. The van der Waals surface area contributed by atoms with Crippen LogP contribution < -0.4 is 10.9 Å². The summed E-state index contributed by atoms with van der Waals surface area (Å²) >= 11 is 0. The highest BCUT2D eigenvalue weighted by Gasteiger charge is 2.05. The fourth-order valence-electron chi connectivity index (χ4n) is 1.68. The van der Waals surface area contributed by atoms with Crippen molar-refractivity contribution in [3.63, 3.8) is 0 Å². The Balaban J connectivity index is 1.99. The molecule has 0 spiro atoms. The van der Waals surface area contributed by atoms with Gasteiger partial charge in [0, 0.05) is 5.69 Å². The van der Waals surface area contributed by atoms with Crippen LogP contribution in [0.25, 0.3) is 11.0 Å². The number of rotatable bonds is 2. The molecule has 0 bridgehead atoms. The fraction of sp³-hybridized carbons (Fsp3) is 0.0833.